The molecular weight excluding hydrogens is 303 g/mol. The molecule has 1 aromatic rings. The molecular formula is C14H16F3NO4. The number of methoxy groups -OCH3 is 2. The van der Waals surface area contributed by atoms with Gasteiger partial charge in [-0.05, 0) is 25.5 Å². The fourth-order valence-corrected chi connectivity index (χ4v) is 1.94. The largest absolute Gasteiger partial charge is 0.496 e. The van der Waals surface area contributed by atoms with Crippen LogP contribution in [0.1, 0.15) is 22.8 Å². The maximum absolute atomic E-state index is 12.2. The maximum atomic E-state index is 12.2. The minimum Gasteiger partial charge on any atom is -0.496 e. The number of ether oxygens (including phenoxy) is 2. The van der Waals surface area contributed by atoms with Gasteiger partial charge in [-0.1, -0.05) is 0 Å². The van der Waals surface area contributed by atoms with E-state index >= 15 is 0 Å². The summed E-state index contributed by atoms with van der Waals surface area (Å²) in [6, 6.07) is 2.09. The molecule has 0 aromatic heterocycles. The third kappa shape index (κ3) is 4.37. The summed E-state index contributed by atoms with van der Waals surface area (Å²) < 4.78 is 47.0. The molecule has 0 fully saturated rings. The second-order valence-electron chi connectivity index (χ2n) is 4.60. The molecule has 0 bridgehead atoms. The van der Waals surface area contributed by atoms with Gasteiger partial charge in [0.2, 0.25) is 0 Å². The summed E-state index contributed by atoms with van der Waals surface area (Å²) in [5, 5.41) is 1.85. The average molecular weight is 319 g/mol. The van der Waals surface area contributed by atoms with Crippen molar-refractivity contribution in [2.45, 2.75) is 25.6 Å². The van der Waals surface area contributed by atoms with E-state index in [0.717, 1.165) is 0 Å². The van der Waals surface area contributed by atoms with E-state index in [4.69, 9.17) is 9.47 Å². The normalized spacial score (nSPS) is 12.5. The molecule has 22 heavy (non-hydrogen) atoms. The molecule has 0 spiro atoms. The van der Waals surface area contributed by atoms with E-state index in [-0.39, 0.29) is 6.42 Å². The van der Waals surface area contributed by atoms with Crippen LogP contribution in [0.4, 0.5) is 13.2 Å². The summed E-state index contributed by atoms with van der Waals surface area (Å²) in [4.78, 5) is 21.8. The maximum Gasteiger partial charge on any atom is 0.471 e. The third-order valence-corrected chi connectivity index (χ3v) is 2.91. The molecule has 0 radical (unpaired) electrons. The first-order chi connectivity index (χ1) is 10.2. The van der Waals surface area contributed by atoms with Crippen molar-refractivity contribution in [3.05, 3.63) is 23.3 Å². The summed E-state index contributed by atoms with van der Waals surface area (Å²) >= 11 is 0. The van der Waals surface area contributed by atoms with Gasteiger partial charge in [0.05, 0.1) is 14.2 Å². The number of amides is 1. The van der Waals surface area contributed by atoms with Crippen molar-refractivity contribution < 1.29 is 32.2 Å². The lowest BCUT2D eigenvalue weighted by Crippen LogP contribution is -2.42. The Kier molecular flexibility index (Phi) is 5.78. The molecule has 0 saturated carbocycles. The molecule has 1 atom stereocenters. The highest BCUT2D eigenvalue weighted by Gasteiger charge is 2.39. The van der Waals surface area contributed by atoms with Crippen LogP contribution in [0.3, 0.4) is 0 Å². The number of aldehydes is 1. The molecule has 5 nitrogen and oxygen atoms in total. The Morgan fingerprint density at radius 2 is 1.77 bits per heavy atom. The molecule has 122 valence electrons. The second kappa shape index (κ2) is 7.15. The number of carbonyl (C=O) groups excluding carboxylic acids is 2. The van der Waals surface area contributed by atoms with Crippen molar-refractivity contribution >= 4 is 12.2 Å². The zero-order valence-corrected chi connectivity index (χ0v) is 12.3. The minimum absolute atomic E-state index is 0.0489. The van der Waals surface area contributed by atoms with Crippen LogP contribution < -0.4 is 14.8 Å². The van der Waals surface area contributed by atoms with Crippen LogP contribution in [0.2, 0.25) is 0 Å². The van der Waals surface area contributed by atoms with Crippen molar-refractivity contribution in [2.24, 2.45) is 0 Å². The Balaban J connectivity index is 3.01. The standard InChI is InChI=1S/C14H16F3NO4/c1-8(18-13(20)14(15,16)17)4-10-11(21-2)5-9(7-19)6-12(10)22-3/h5-8H,4H2,1-3H3,(H,18,20). The van der Waals surface area contributed by atoms with Crippen molar-refractivity contribution in [3.8, 4) is 11.5 Å². The summed E-state index contributed by atoms with van der Waals surface area (Å²) in [6.45, 7) is 1.43. The van der Waals surface area contributed by atoms with Crippen LogP contribution in [-0.4, -0.2) is 38.6 Å². The second-order valence-corrected chi connectivity index (χ2v) is 4.60. The summed E-state index contributed by atoms with van der Waals surface area (Å²) in [5.41, 5.74) is 0.773. The van der Waals surface area contributed by atoms with Crippen molar-refractivity contribution in [1.29, 1.82) is 0 Å². The molecule has 0 heterocycles. The number of hydrogen-bond acceptors (Lipinski definition) is 4. The Bertz CT molecular complexity index is 533. The van der Waals surface area contributed by atoms with E-state index in [1.807, 2.05) is 5.32 Å². The third-order valence-electron chi connectivity index (χ3n) is 2.91. The molecule has 1 aromatic carbocycles. The molecule has 1 rings (SSSR count). The molecule has 1 unspecified atom stereocenters. The zero-order valence-electron chi connectivity index (χ0n) is 12.3. The number of benzene rings is 1. The van der Waals surface area contributed by atoms with Gasteiger partial charge < -0.3 is 14.8 Å². The van der Waals surface area contributed by atoms with Crippen molar-refractivity contribution in [3.63, 3.8) is 0 Å². The molecule has 1 N–H and O–H groups in total. The van der Waals surface area contributed by atoms with Crippen LogP contribution in [0, 0.1) is 0 Å². The molecule has 0 aliphatic rings. The monoisotopic (exact) mass is 319 g/mol. The van der Waals surface area contributed by atoms with Crippen LogP contribution in [0.15, 0.2) is 12.1 Å². The Morgan fingerprint density at radius 3 is 2.14 bits per heavy atom. The van der Waals surface area contributed by atoms with Gasteiger partial charge in [0.1, 0.15) is 17.8 Å². The Labute approximate surface area is 125 Å². The highest BCUT2D eigenvalue weighted by molar-refractivity contribution is 5.82. The number of nitrogens with one attached hydrogen (secondary N) is 1. The zero-order chi connectivity index (χ0) is 16.9. The van der Waals surface area contributed by atoms with Crippen LogP contribution in [0.5, 0.6) is 11.5 Å². The number of rotatable bonds is 6. The first-order valence-corrected chi connectivity index (χ1v) is 6.30. The van der Waals surface area contributed by atoms with Gasteiger partial charge in [0, 0.05) is 17.2 Å². The topological polar surface area (TPSA) is 64.6 Å². The number of halogens is 3. The highest BCUT2D eigenvalue weighted by atomic mass is 19.4. The Hall–Kier alpha value is -2.25. The van der Waals surface area contributed by atoms with E-state index in [1.54, 1.807) is 0 Å². The summed E-state index contributed by atoms with van der Waals surface area (Å²) in [6.07, 6.45) is -4.29. The van der Waals surface area contributed by atoms with Crippen molar-refractivity contribution in [2.75, 3.05) is 14.2 Å². The smallest absolute Gasteiger partial charge is 0.471 e. The quantitative estimate of drug-likeness (QED) is 0.816. The van der Waals surface area contributed by atoms with Gasteiger partial charge >= 0.3 is 12.1 Å². The highest BCUT2D eigenvalue weighted by Crippen LogP contribution is 2.31. The van der Waals surface area contributed by atoms with E-state index in [9.17, 15) is 22.8 Å². The molecule has 1 amide bonds. The fraction of sp³-hybridized carbons (Fsp3) is 0.429. The van der Waals surface area contributed by atoms with Gasteiger partial charge in [0.15, 0.2) is 0 Å². The Morgan fingerprint density at radius 1 is 1.27 bits per heavy atom. The van der Waals surface area contributed by atoms with Crippen LogP contribution >= 0.6 is 0 Å². The van der Waals surface area contributed by atoms with Gasteiger partial charge in [-0.15, -0.1) is 0 Å². The number of hydrogen-bond donors (Lipinski definition) is 1. The average Bonchev–Trinajstić information content (AvgIpc) is 2.46. The predicted octanol–water partition coefficient (Wildman–Crippen LogP) is 2.13. The lowest BCUT2D eigenvalue weighted by molar-refractivity contribution is -0.174. The SMILES string of the molecule is COc1cc(C=O)cc(OC)c1CC(C)NC(=O)C(F)(F)F. The van der Waals surface area contributed by atoms with E-state index < -0.39 is 18.1 Å². The van der Waals surface area contributed by atoms with Crippen molar-refractivity contribution in [1.82, 2.24) is 5.32 Å². The first kappa shape index (κ1) is 17.8. The summed E-state index contributed by atoms with van der Waals surface area (Å²) in [5.74, 6) is -1.41. The van der Waals surface area contributed by atoms with Gasteiger partial charge in [0.25, 0.3) is 0 Å². The molecule has 0 saturated heterocycles. The van der Waals surface area contributed by atoms with Gasteiger partial charge in [-0.3, -0.25) is 9.59 Å². The van der Waals surface area contributed by atoms with E-state index in [2.05, 4.69) is 0 Å². The number of carbonyl (C=O) groups is 2. The predicted molar refractivity (Wildman–Crippen MR) is 72.3 cm³/mol. The molecule has 0 aliphatic carbocycles. The van der Waals surface area contributed by atoms with Gasteiger partial charge in [-0.25, -0.2) is 0 Å². The lowest BCUT2D eigenvalue weighted by atomic mass is 10.0. The first-order valence-electron chi connectivity index (χ1n) is 6.30. The van der Waals surface area contributed by atoms with Crippen LogP contribution in [0.25, 0.3) is 0 Å². The summed E-state index contributed by atoms with van der Waals surface area (Å²) in [7, 11) is 2.73. The molecule has 0 aliphatic heterocycles. The molecule has 8 heteroatoms. The van der Waals surface area contributed by atoms with E-state index in [0.29, 0.717) is 28.9 Å². The minimum atomic E-state index is -4.94. The lowest BCUT2D eigenvalue weighted by Gasteiger charge is -2.19. The number of alkyl halides is 3. The fourth-order valence-electron chi connectivity index (χ4n) is 1.94. The van der Waals surface area contributed by atoms with Gasteiger partial charge in [-0.2, -0.15) is 13.2 Å². The van der Waals surface area contributed by atoms with Crippen LogP contribution in [-0.2, 0) is 11.2 Å². The van der Waals surface area contributed by atoms with E-state index in [1.165, 1.54) is 33.3 Å².